The van der Waals surface area contributed by atoms with Crippen LogP contribution in [0, 0.1) is 0 Å². The number of halogens is 3. The maximum absolute atomic E-state index is 10.6. The van der Waals surface area contributed by atoms with Crippen molar-refractivity contribution in [1.29, 1.82) is 0 Å². The zero-order valence-electron chi connectivity index (χ0n) is 7.74. The molecule has 0 saturated carbocycles. The molecule has 0 heterocycles. The summed E-state index contributed by atoms with van der Waals surface area (Å²) in [5.41, 5.74) is 1.00. The van der Waals surface area contributed by atoms with Crippen LogP contribution in [0.3, 0.4) is 0 Å². The fourth-order valence-electron chi connectivity index (χ4n) is 0.910. The summed E-state index contributed by atoms with van der Waals surface area (Å²) < 4.78 is -1.23. The number of alkyl halides is 3. The molecule has 0 unspecified atom stereocenters. The van der Waals surface area contributed by atoms with Crippen LogP contribution >= 0.6 is 34.8 Å². The molecule has 1 nitrogen and oxygen atoms in total. The van der Waals surface area contributed by atoms with Crippen LogP contribution in [0.5, 0.6) is 0 Å². The maximum atomic E-state index is 10.6. The van der Waals surface area contributed by atoms with Gasteiger partial charge in [0.1, 0.15) is 5.78 Å². The van der Waals surface area contributed by atoms with Gasteiger partial charge in [0.15, 0.2) is 3.79 Å². The van der Waals surface area contributed by atoms with E-state index in [1.165, 1.54) is 0 Å². The lowest BCUT2D eigenvalue weighted by atomic mass is 10.1. The van der Waals surface area contributed by atoms with E-state index >= 15 is 0 Å². The number of Topliss-reactive ketones (excluding diaryl/α,β-unsaturated/α-hetero) is 1. The van der Waals surface area contributed by atoms with E-state index in [0.717, 1.165) is 12.0 Å². The van der Waals surface area contributed by atoms with Gasteiger partial charge in [-0.2, -0.15) is 0 Å². The maximum Gasteiger partial charge on any atom is 0.194 e. The summed E-state index contributed by atoms with van der Waals surface area (Å²) in [4.78, 5) is 10.6. The minimum Gasteiger partial charge on any atom is -0.300 e. The highest BCUT2D eigenvalue weighted by atomic mass is 35.6. The van der Waals surface area contributed by atoms with E-state index in [0.29, 0.717) is 12.8 Å². The van der Waals surface area contributed by atoms with Crippen LogP contribution in [0.4, 0.5) is 0 Å². The molecule has 0 aliphatic rings. The molecule has 0 N–H and O–H groups in total. The SMILES string of the molecule is CC(=O)CC/C=C(\C)CC(Cl)(Cl)Cl. The number of carbonyl (C=O) groups excluding carboxylic acids is 1. The number of carbonyl (C=O) groups is 1. The van der Waals surface area contributed by atoms with Crippen LogP contribution in [0.1, 0.15) is 33.1 Å². The molecule has 0 amide bonds. The van der Waals surface area contributed by atoms with Crippen molar-refractivity contribution in [3.05, 3.63) is 11.6 Å². The Morgan fingerprint density at radius 3 is 2.23 bits per heavy atom. The molecular weight excluding hydrogens is 230 g/mol. The molecule has 0 aromatic rings. The zero-order valence-corrected chi connectivity index (χ0v) is 10.0. The van der Waals surface area contributed by atoms with Gasteiger partial charge in [-0.3, -0.25) is 0 Å². The van der Waals surface area contributed by atoms with Gasteiger partial charge in [-0.05, 0) is 20.3 Å². The van der Waals surface area contributed by atoms with Crippen molar-refractivity contribution >= 4 is 40.6 Å². The molecule has 4 heteroatoms. The molecular formula is C9H13Cl3O. The molecule has 0 aliphatic carbocycles. The summed E-state index contributed by atoms with van der Waals surface area (Å²) in [6.07, 6.45) is 3.62. The smallest absolute Gasteiger partial charge is 0.194 e. The summed E-state index contributed by atoms with van der Waals surface area (Å²) in [7, 11) is 0. The van der Waals surface area contributed by atoms with E-state index in [1.807, 2.05) is 13.0 Å². The van der Waals surface area contributed by atoms with E-state index in [9.17, 15) is 4.79 Å². The Morgan fingerprint density at radius 1 is 1.31 bits per heavy atom. The first-order valence-electron chi connectivity index (χ1n) is 4.03. The van der Waals surface area contributed by atoms with E-state index in [1.54, 1.807) is 6.92 Å². The molecule has 76 valence electrons. The first-order chi connectivity index (χ1) is 5.81. The van der Waals surface area contributed by atoms with Gasteiger partial charge < -0.3 is 4.79 Å². The van der Waals surface area contributed by atoms with Crippen LogP contribution in [0.25, 0.3) is 0 Å². The summed E-state index contributed by atoms with van der Waals surface area (Å²) in [6, 6.07) is 0. The average molecular weight is 244 g/mol. The second kappa shape index (κ2) is 5.90. The topological polar surface area (TPSA) is 17.1 Å². The molecule has 0 aromatic carbocycles. The Hall–Kier alpha value is 0.280. The second-order valence-electron chi connectivity index (χ2n) is 3.08. The third-order valence-electron chi connectivity index (χ3n) is 1.47. The largest absolute Gasteiger partial charge is 0.300 e. The van der Waals surface area contributed by atoms with Crippen LogP contribution in [-0.2, 0) is 4.79 Å². The number of hydrogen-bond donors (Lipinski definition) is 0. The van der Waals surface area contributed by atoms with Crippen molar-refractivity contribution in [2.75, 3.05) is 0 Å². The van der Waals surface area contributed by atoms with E-state index < -0.39 is 3.79 Å². The third kappa shape index (κ3) is 10.2. The van der Waals surface area contributed by atoms with Gasteiger partial charge in [0.05, 0.1) is 0 Å². The molecule has 0 radical (unpaired) electrons. The van der Waals surface area contributed by atoms with Gasteiger partial charge in [-0.15, -0.1) is 0 Å². The fourth-order valence-corrected chi connectivity index (χ4v) is 1.54. The summed E-state index contributed by atoms with van der Waals surface area (Å²) in [5.74, 6) is 0.179. The molecule has 0 aromatic heterocycles. The van der Waals surface area contributed by atoms with Crippen molar-refractivity contribution < 1.29 is 4.79 Å². The van der Waals surface area contributed by atoms with E-state index in [4.69, 9.17) is 34.8 Å². The number of allylic oxidation sites excluding steroid dienone is 2. The standard InChI is InChI=1S/C9H13Cl3O/c1-7(6-9(10,11)12)4-3-5-8(2)13/h4H,3,5-6H2,1-2H3/b7-4+. The van der Waals surface area contributed by atoms with Gasteiger partial charge in [-0.1, -0.05) is 46.5 Å². The van der Waals surface area contributed by atoms with E-state index in [2.05, 4.69) is 0 Å². The molecule has 0 aliphatic heterocycles. The molecule has 0 atom stereocenters. The van der Waals surface area contributed by atoms with Crippen molar-refractivity contribution in [1.82, 2.24) is 0 Å². The van der Waals surface area contributed by atoms with Crippen molar-refractivity contribution in [3.63, 3.8) is 0 Å². The van der Waals surface area contributed by atoms with Crippen molar-refractivity contribution in [2.45, 2.75) is 36.9 Å². The van der Waals surface area contributed by atoms with Crippen LogP contribution in [-0.4, -0.2) is 9.58 Å². The second-order valence-corrected chi connectivity index (χ2v) is 5.60. The van der Waals surface area contributed by atoms with Gasteiger partial charge >= 0.3 is 0 Å². The molecule has 0 rings (SSSR count). The molecule has 0 fully saturated rings. The minimum absolute atomic E-state index is 0.179. The Labute approximate surface area is 94.0 Å². The Kier molecular flexibility index (Phi) is 6.02. The lowest BCUT2D eigenvalue weighted by Gasteiger charge is -2.10. The van der Waals surface area contributed by atoms with Crippen molar-refractivity contribution in [2.24, 2.45) is 0 Å². The molecule has 0 spiro atoms. The Morgan fingerprint density at radius 2 is 1.85 bits per heavy atom. The highest BCUT2D eigenvalue weighted by Gasteiger charge is 2.19. The van der Waals surface area contributed by atoms with Crippen molar-refractivity contribution in [3.8, 4) is 0 Å². The Balaban J connectivity index is 3.83. The van der Waals surface area contributed by atoms with Gasteiger partial charge in [-0.25, -0.2) is 0 Å². The predicted molar refractivity (Wildman–Crippen MR) is 58.6 cm³/mol. The number of rotatable bonds is 4. The van der Waals surface area contributed by atoms with Gasteiger partial charge in [0, 0.05) is 12.8 Å². The number of hydrogen-bond acceptors (Lipinski definition) is 1. The van der Waals surface area contributed by atoms with E-state index in [-0.39, 0.29) is 5.78 Å². The first kappa shape index (κ1) is 13.3. The monoisotopic (exact) mass is 242 g/mol. The van der Waals surface area contributed by atoms with Gasteiger partial charge in [0.2, 0.25) is 0 Å². The van der Waals surface area contributed by atoms with Crippen LogP contribution in [0.2, 0.25) is 0 Å². The Bertz CT molecular complexity index is 203. The number of ketones is 1. The lowest BCUT2D eigenvalue weighted by Crippen LogP contribution is -2.02. The van der Waals surface area contributed by atoms with Gasteiger partial charge in [0.25, 0.3) is 0 Å². The third-order valence-corrected chi connectivity index (χ3v) is 1.87. The molecule has 13 heavy (non-hydrogen) atoms. The van der Waals surface area contributed by atoms with Crippen LogP contribution < -0.4 is 0 Å². The fraction of sp³-hybridized carbons (Fsp3) is 0.667. The normalized spacial score (nSPS) is 13.2. The highest BCUT2D eigenvalue weighted by Crippen LogP contribution is 2.33. The van der Waals surface area contributed by atoms with Crippen LogP contribution in [0.15, 0.2) is 11.6 Å². The summed E-state index contributed by atoms with van der Waals surface area (Å²) in [6.45, 7) is 3.46. The highest BCUT2D eigenvalue weighted by molar-refractivity contribution is 6.67. The predicted octanol–water partition coefficient (Wildman–Crippen LogP) is 4.06. The zero-order chi connectivity index (χ0) is 10.5. The molecule has 0 saturated heterocycles. The quantitative estimate of drug-likeness (QED) is 0.537. The molecule has 0 bridgehead atoms. The summed E-state index contributed by atoms with van der Waals surface area (Å²) in [5, 5.41) is 0. The minimum atomic E-state index is -1.23. The first-order valence-corrected chi connectivity index (χ1v) is 5.16. The lowest BCUT2D eigenvalue weighted by molar-refractivity contribution is -0.116. The average Bonchev–Trinajstić information content (AvgIpc) is 1.81. The summed E-state index contributed by atoms with van der Waals surface area (Å²) >= 11 is 16.8.